The molecule has 10 aromatic heterocycles. The Kier molecular flexibility index (Phi) is 11.9. The fourth-order valence-electron chi connectivity index (χ4n) is 14.3. The van der Waals surface area contributed by atoms with Crippen molar-refractivity contribution in [2.24, 2.45) is 0 Å². The van der Waals surface area contributed by atoms with Gasteiger partial charge in [0.15, 0.2) is 0 Å². The Morgan fingerprint density at radius 1 is 0.298 bits per heavy atom. The van der Waals surface area contributed by atoms with Crippen molar-refractivity contribution in [2.45, 2.75) is 92.9 Å². The van der Waals surface area contributed by atoms with Gasteiger partial charge in [0.1, 0.15) is 0 Å². The lowest BCUT2D eigenvalue weighted by molar-refractivity contribution is 0.646. The van der Waals surface area contributed by atoms with E-state index < -0.39 is 0 Å². The van der Waals surface area contributed by atoms with Crippen LogP contribution in [0.2, 0.25) is 0 Å². The number of hydrogen-bond donors (Lipinski definition) is 0. The van der Waals surface area contributed by atoms with Crippen LogP contribution in [-0.4, -0.2) is 0 Å². The van der Waals surface area contributed by atoms with Crippen LogP contribution in [-0.2, 0) is 23.7 Å². The molecule has 18 rings (SSSR count). The molecule has 10 heteroatoms. The van der Waals surface area contributed by atoms with Crippen molar-refractivity contribution in [2.75, 3.05) is 0 Å². The summed E-state index contributed by atoms with van der Waals surface area (Å²) in [6, 6.07) is 51.6. The first-order valence-electron chi connectivity index (χ1n) is 28.7. The molecule has 84 heavy (non-hydrogen) atoms. The highest BCUT2D eigenvalue weighted by Crippen LogP contribution is 2.64. The van der Waals surface area contributed by atoms with Gasteiger partial charge in [0.05, 0.1) is 0 Å². The highest BCUT2D eigenvalue weighted by atomic mass is 32.1. The Morgan fingerprint density at radius 2 is 0.655 bits per heavy atom. The van der Waals surface area contributed by atoms with Crippen LogP contribution in [0.25, 0.3) is 120 Å². The molecule has 14 aromatic rings. The maximum Gasteiger partial charge on any atom is 0.0455 e. The second kappa shape index (κ2) is 19.0. The molecule has 0 radical (unpaired) electrons. The number of aryl methyl sites for hydroxylation is 4. The van der Waals surface area contributed by atoms with Crippen LogP contribution in [0.1, 0.15) is 104 Å². The SMILES string of the molecule is Cc1ccc(-c2ccc(-c3cc4c(s3)-c3cc5c(cc3C4)-c3sc(-c4ccc(-c6ccc(C)s6)s4)cc3C5)s2)s1.Cc1ccc2sc(-c3cc4c(s3)-c3c(C)c5c(c(C)c3C4(C)C)-c3sc(-c4cc6cc(C)ccc6s4)cc3C5(C)C)cc2c1. The summed E-state index contributed by atoms with van der Waals surface area (Å²) < 4.78 is 2.75. The Hall–Kier alpha value is -5.60. The standard InChI is InChI=1S/C40H34S4.C34H22S6/c1-19-9-11-27-23(13-19)15-29(41-27)31-17-25-37(43-31)33-21(3)36-34(22(4)35(33)39(25,5)6)38-26(40(36,7)8)18-32(44-38)30-16-24-14-20(2)10-12-28(24)42-30;1-17-3-5-25(35-17)27-7-9-29(37-27)31-15-21-11-19-14-24-20(13-23(19)33(21)39-31)12-22-16-32(40-34(22)24)30-10-8-28(38-30)26-6-4-18(2)36-26/h9-18H,1-8H3;3-10,13-16H,11-12H2,1-2H3. The first-order chi connectivity index (χ1) is 40.5. The van der Waals surface area contributed by atoms with Crippen molar-refractivity contribution in [1.29, 1.82) is 0 Å². The number of hydrogen-bond acceptors (Lipinski definition) is 10. The van der Waals surface area contributed by atoms with E-state index in [2.05, 4.69) is 203 Å². The van der Waals surface area contributed by atoms with Crippen molar-refractivity contribution in [3.05, 3.63) is 210 Å². The largest absolute Gasteiger partial charge is 0.140 e. The zero-order valence-corrected chi connectivity index (χ0v) is 56.4. The predicted octanol–water partition coefficient (Wildman–Crippen LogP) is 25.9. The Morgan fingerprint density at radius 3 is 1.06 bits per heavy atom. The molecule has 10 heterocycles. The molecule has 4 aromatic carbocycles. The van der Waals surface area contributed by atoms with Gasteiger partial charge in [-0.2, -0.15) is 0 Å². The van der Waals surface area contributed by atoms with Gasteiger partial charge in [-0.15, -0.1) is 113 Å². The van der Waals surface area contributed by atoms with E-state index in [1.54, 1.807) is 11.1 Å². The minimum absolute atomic E-state index is 0.0348. The van der Waals surface area contributed by atoms with Crippen LogP contribution in [0.5, 0.6) is 0 Å². The first-order valence-corrected chi connectivity index (χ1v) is 36.9. The average molecular weight is 1270 g/mol. The van der Waals surface area contributed by atoms with Crippen LogP contribution in [0.4, 0.5) is 0 Å². The average Bonchev–Trinajstić information content (AvgIpc) is 1.64. The van der Waals surface area contributed by atoms with Gasteiger partial charge in [-0.1, -0.05) is 63.1 Å². The Balaban J connectivity index is 0.000000133. The van der Waals surface area contributed by atoms with Crippen LogP contribution in [0, 0.1) is 41.5 Å². The monoisotopic (exact) mass is 1260 g/mol. The number of rotatable bonds is 6. The van der Waals surface area contributed by atoms with E-state index in [9.17, 15) is 0 Å². The molecule has 412 valence electrons. The highest BCUT2D eigenvalue weighted by molar-refractivity contribution is 7.29. The minimum Gasteiger partial charge on any atom is -0.140 e. The van der Waals surface area contributed by atoms with Gasteiger partial charge in [-0.05, 0) is 252 Å². The Bertz CT molecular complexity index is 4790. The molecule has 4 aliphatic rings. The summed E-state index contributed by atoms with van der Waals surface area (Å²) >= 11 is 19.5. The number of benzene rings is 4. The molecule has 0 aliphatic heterocycles. The van der Waals surface area contributed by atoms with E-state index >= 15 is 0 Å². The summed E-state index contributed by atoms with van der Waals surface area (Å²) in [6.07, 6.45) is 2.11. The first kappa shape index (κ1) is 52.7. The van der Waals surface area contributed by atoms with Gasteiger partial charge >= 0.3 is 0 Å². The normalized spacial score (nSPS) is 14.4. The van der Waals surface area contributed by atoms with Crippen LogP contribution in [0.15, 0.2) is 133 Å². The maximum absolute atomic E-state index is 2.52. The molecule has 0 spiro atoms. The molecular weight excluding hydrogens is 1210 g/mol. The molecule has 0 saturated carbocycles. The molecule has 0 N–H and O–H groups in total. The lowest BCUT2D eigenvalue weighted by Gasteiger charge is -2.29. The van der Waals surface area contributed by atoms with Crippen molar-refractivity contribution < 1.29 is 0 Å². The zero-order valence-electron chi connectivity index (χ0n) is 48.2. The summed E-state index contributed by atoms with van der Waals surface area (Å²) in [5, 5.41) is 2.72. The molecule has 0 saturated heterocycles. The molecule has 0 amide bonds. The van der Waals surface area contributed by atoms with Crippen molar-refractivity contribution in [1.82, 2.24) is 0 Å². The van der Waals surface area contributed by atoms with E-state index in [-0.39, 0.29) is 10.8 Å². The molecular formula is C74H56S10. The fraction of sp³-hybridized carbons (Fsp3) is 0.189. The number of thiophene rings is 10. The summed E-state index contributed by atoms with van der Waals surface area (Å²) in [5.41, 5.74) is 23.6. The van der Waals surface area contributed by atoms with Crippen LogP contribution in [0.3, 0.4) is 0 Å². The second-order valence-corrected chi connectivity index (χ2v) is 35.7. The zero-order chi connectivity index (χ0) is 57.0. The van der Waals surface area contributed by atoms with E-state index in [4.69, 9.17) is 0 Å². The third-order valence-electron chi connectivity index (χ3n) is 18.2. The smallest absolute Gasteiger partial charge is 0.0455 e. The van der Waals surface area contributed by atoms with Gasteiger partial charge < -0.3 is 0 Å². The predicted molar refractivity (Wildman–Crippen MR) is 379 cm³/mol. The third kappa shape index (κ3) is 8.04. The molecule has 0 nitrogen and oxygen atoms in total. The summed E-state index contributed by atoms with van der Waals surface area (Å²) in [5.74, 6) is 0. The van der Waals surface area contributed by atoms with Gasteiger partial charge in [0.2, 0.25) is 0 Å². The maximum atomic E-state index is 2.52. The quantitative estimate of drug-likeness (QED) is 0.156. The van der Waals surface area contributed by atoms with Crippen LogP contribution < -0.4 is 0 Å². The van der Waals surface area contributed by atoms with Crippen molar-refractivity contribution in [3.8, 4) is 100 Å². The van der Waals surface area contributed by atoms with Gasteiger partial charge in [-0.25, -0.2) is 0 Å². The van der Waals surface area contributed by atoms with Gasteiger partial charge in [0, 0.05) is 108 Å². The molecule has 4 aliphatic carbocycles. The molecule has 0 unspecified atom stereocenters. The topological polar surface area (TPSA) is 0 Å². The minimum atomic E-state index is -0.0348. The second-order valence-electron chi connectivity index (χ2n) is 24.6. The molecule has 0 fully saturated rings. The summed E-state index contributed by atoms with van der Waals surface area (Å²) in [6.45, 7) is 23.4. The van der Waals surface area contributed by atoms with Crippen LogP contribution >= 0.6 is 113 Å². The van der Waals surface area contributed by atoms with Gasteiger partial charge in [0.25, 0.3) is 0 Å². The van der Waals surface area contributed by atoms with Crippen molar-refractivity contribution in [3.63, 3.8) is 0 Å². The van der Waals surface area contributed by atoms with Crippen molar-refractivity contribution >= 4 is 134 Å². The number of fused-ring (bicyclic) bond motifs is 14. The van der Waals surface area contributed by atoms with E-state index in [0.29, 0.717) is 0 Å². The highest BCUT2D eigenvalue weighted by Gasteiger charge is 2.47. The van der Waals surface area contributed by atoms with E-state index in [1.165, 1.54) is 186 Å². The summed E-state index contributed by atoms with van der Waals surface area (Å²) in [7, 11) is 0. The van der Waals surface area contributed by atoms with E-state index in [0.717, 1.165) is 12.8 Å². The third-order valence-corrected chi connectivity index (χ3v) is 30.5. The molecule has 0 atom stereocenters. The van der Waals surface area contributed by atoms with Gasteiger partial charge in [-0.3, -0.25) is 0 Å². The fourth-order valence-corrected chi connectivity index (χ4v) is 25.9. The molecule has 0 bridgehead atoms. The van der Waals surface area contributed by atoms with E-state index in [1.807, 2.05) is 113 Å². The summed E-state index contributed by atoms with van der Waals surface area (Å²) in [4.78, 5) is 25.4. The Labute approximate surface area is 531 Å². The lowest BCUT2D eigenvalue weighted by atomic mass is 9.74. The lowest BCUT2D eigenvalue weighted by Crippen LogP contribution is -2.20.